The molecule has 0 heterocycles. The Bertz CT molecular complexity index is 1140. The van der Waals surface area contributed by atoms with Gasteiger partial charge in [0.05, 0.1) is 11.8 Å². The fraction of sp³-hybridized carbons (Fsp3) is 0.529. The molecule has 0 amide bonds. The summed E-state index contributed by atoms with van der Waals surface area (Å²) < 4.78 is 11.5. The van der Waals surface area contributed by atoms with E-state index in [2.05, 4.69) is 0 Å². The second-order valence-corrected chi connectivity index (χ2v) is 11.6. The van der Waals surface area contributed by atoms with Gasteiger partial charge in [0, 0.05) is 17.5 Å². The maximum Gasteiger partial charge on any atom is 0.315 e. The Hall–Kier alpha value is -3.36. The minimum Gasteiger partial charge on any atom is -0.425 e. The summed E-state index contributed by atoms with van der Waals surface area (Å²) >= 11 is 0. The number of carbonyl (C=O) groups excluding carboxylic acids is 4. The van der Waals surface area contributed by atoms with E-state index in [1.807, 2.05) is 6.92 Å². The molecule has 2 aromatic carbocycles. The van der Waals surface area contributed by atoms with E-state index in [9.17, 15) is 29.4 Å². The molecule has 0 bridgehead atoms. The number of hydrogen-bond acceptors (Lipinski definition) is 8. The zero-order chi connectivity index (χ0) is 30.2. The summed E-state index contributed by atoms with van der Waals surface area (Å²) in [6, 6.07) is 16.8. The Balaban J connectivity index is 1.52. The Kier molecular flexibility index (Phi) is 10.7. The minimum absolute atomic E-state index is 0.123. The number of ketones is 2. The maximum absolute atomic E-state index is 13.5. The van der Waals surface area contributed by atoms with Crippen molar-refractivity contribution in [3.63, 3.8) is 0 Å². The average Bonchev–Trinajstić information content (AvgIpc) is 3.01. The largest absolute Gasteiger partial charge is 0.425 e. The summed E-state index contributed by atoms with van der Waals surface area (Å²) in [7, 11) is 0. The van der Waals surface area contributed by atoms with Crippen molar-refractivity contribution in [3.8, 4) is 0 Å². The van der Waals surface area contributed by atoms with Crippen molar-refractivity contribution in [2.45, 2.75) is 101 Å². The van der Waals surface area contributed by atoms with E-state index in [4.69, 9.17) is 9.47 Å². The molecule has 0 radical (unpaired) electrons. The van der Waals surface area contributed by atoms with Crippen LogP contribution in [-0.2, 0) is 19.1 Å². The monoisotopic (exact) mass is 578 g/mol. The molecule has 2 aliphatic carbocycles. The van der Waals surface area contributed by atoms with Gasteiger partial charge in [0.15, 0.2) is 11.6 Å². The zero-order valence-electron chi connectivity index (χ0n) is 24.3. The molecule has 8 nitrogen and oxygen atoms in total. The van der Waals surface area contributed by atoms with Crippen LogP contribution in [0.5, 0.6) is 0 Å². The van der Waals surface area contributed by atoms with Crippen LogP contribution in [0.3, 0.4) is 0 Å². The molecule has 4 atom stereocenters. The highest BCUT2D eigenvalue weighted by molar-refractivity contribution is 6.05. The second kappa shape index (κ2) is 14.2. The molecule has 2 N–H and O–H groups in total. The van der Waals surface area contributed by atoms with Gasteiger partial charge < -0.3 is 19.7 Å². The van der Waals surface area contributed by atoms with Crippen LogP contribution in [0.2, 0.25) is 0 Å². The molecule has 2 aliphatic rings. The summed E-state index contributed by atoms with van der Waals surface area (Å²) in [6.45, 7) is 2.02. The van der Waals surface area contributed by atoms with Crippen molar-refractivity contribution >= 4 is 23.5 Å². The molecule has 226 valence electrons. The predicted octanol–water partition coefficient (Wildman–Crippen LogP) is 5.59. The quantitative estimate of drug-likeness (QED) is 0.144. The third-order valence-corrected chi connectivity index (χ3v) is 8.72. The van der Waals surface area contributed by atoms with Crippen LogP contribution in [0, 0.1) is 11.8 Å². The van der Waals surface area contributed by atoms with Crippen molar-refractivity contribution in [2.75, 3.05) is 0 Å². The van der Waals surface area contributed by atoms with Crippen LogP contribution in [-0.4, -0.2) is 51.2 Å². The Morgan fingerprint density at radius 2 is 1.14 bits per heavy atom. The first kappa shape index (κ1) is 31.6. The lowest BCUT2D eigenvalue weighted by Gasteiger charge is -2.39. The molecule has 2 fully saturated rings. The molecule has 4 unspecified atom stereocenters. The van der Waals surface area contributed by atoms with E-state index in [0.29, 0.717) is 43.2 Å². The van der Waals surface area contributed by atoms with Crippen molar-refractivity contribution in [1.82, 2.24) is 0 Å². The number of rotatable bonds is 12. The first-order chi connectivity index (χ1) is 20.2. The van der Waals surface area contributed by atoms with Crippen molar-refractivity contribution < 1.29 is 38.9 Å². The summed E-state index contributed by atoms with van der Waals surface area (Å²) in [4.78, 5) is 53.8. The first-order valence-electron chi connectivity index (χ1n) is 15.3. The summed E-state index contributed by atoms with van der Waals surface area (Å²) in [6.07, 6.45) is 4.48. The highest BCUT2D eigenvalue weighted by atomic mass is 16.7. The van der Waals surface area contributed by atoms with Gasteiger partial charge in [-0.2, -0.15) is 0 Å². The number of aliphatic hydroxyl groups is 2. The van der Waals surface area contributed by atoms with Crippen molar-refractivity contribution in [2.24, 2.45) is 11.8 Å². The van der Waals surface area contributed by atoms with Gasteiger partial charge in [-0.05, 0) is 32.1 Å². The van der Waals surface area contributed by atoms with E-state index >= 15 is 0 Å². The second-order valence-electron chi connectivity index (χ2n) is 11.6. The molecule has 42 heavy (non-hydrogen) atoms. The Labute approximate surface area is 247 Å². The molecule has 0 aromatic heterocycles. The number of ether oxygens (including phenoxy) is 2. The van der Waals surface area contributed by atoms with Gasteiger partial charge in [-0.25, -0.2) is 0 Å². The number of carbonyl (C=O) groups is 4. The average molecular weight is 579 g/mol. The van der Waals surface area contributed by atoms with E-state index < -0.39 is 52.8 Å². The SMILES string of the molecule is CCCCCC(OC(=O)C1CCCCC1(O)C(=O)c1ccccc1)OC(=O)C1CCCCC1(O)C(=O)c1ccccc1. The lowest BCUT2D eigenvalue weighted by molar-refractivity contribution is -0.204. The number of benzene rings is 2. The van der Waals surface area contributed by atoms with Crippen molar-refractivity contribution in [1.29, 1.82) is 0 Å². The van der Waals surface area contributed by atoms with Gasteiger partial charge in [0.25, 0.3) is 0 Å². The molecule has 4 rings (SSSR count). The van der Waals surface area contributed by atoms with E-state index in [1.54, 1.807) is 60.7 Å². The Morgan fingerprint density at radius 1 is 0.714 bits per heavy atom. The van der Waals surface area contributed by atoms with E-state index in [0.717, 1.165) is 12.8 Å². The molecule has 2 saturated carbocycles. The fourth-order valence-corrected chi connectivity index (χ4v) is 6.29. The number of unbranched alkanes of at least 4 members (excludes halogenated alkanes) is 2. The lowest BCUT2D eigenvalue weighted by atomic mass is 9.71. The molecule has 0 spiro atoms. The van der Waals surface area contributed by atoms with Crippen LogP contribution in [0.25, 0.3) is 0 Å². The molecular weight excluding hydrogens is 536 g/mol. The Morgan fingerprint density at radius 3 is 1.55 bits per heavy atom. The van der Waals surface area contributed by atoms with Crippen molar-refractivity contribution in [3.05, 3.63) is 71.8 Å². The highest BCUT2D eigenvalue weighted by Gasteiger charge is 2.52. The molecule has 2 aromatic rings. The van der Waals surface area contributed by atoms with Crippen LogP contribution < -0.4 is 0 Å². The summed E-state index contributed by atoms with van der Waals surface area (Å²) in [5.41, 5.74) is -3.24. The van der Waals surface area contributed by atoms with Crippen LogP contribution in [0.15, 0.2) is 60.7 Å². The van der Waals surface area contributed by atoms with Gasteiger partial charge in [-0.15, -0.1) is 0 Å². The molecule has 0 saturated heterocycles. The predicted molar refractivity (Wildman–Crippen MR) is 155 cm³/mol. The van der Waals surface area contributed by atoms with Gasteiger partial charge >= 0.3 is 11.9 Å². The smallest absolute Gasteiger partial charge is 0.315 e. The maximum atomic E-state index is 13.5. The normalized spacial score (nSPS) is 26.5. The highest BCUT2D eigenvalue weighted by Crippen LogP contribution is 2.39. The molecular formula is C34H42O8. The fourth-order valence-electron chi connectivity index (χ4n) is 6.29. The summed E-state index contributed by atoms with van der Waals surface area (Å²) in [5, 5.41) is 23.1. The lowest BCUT2D eigenvalue weighted by Crippen LogP contribution is -2.53. The van der Waals surface area contributed by atoms with E-state index in [-0.39, 0.29) is 32.1 Å². The number of Topliss-reactive ketones (excluding diaryl/α,β-unsaturated/α-hetero) is 2. The van der Waals surface area contributed by atoms with E-state index in [1.165, 1.54) is 0 Å². The molecule has 8 heteroatoms. The third-order valence-electron chi connectivity index (χ3n) is 8.72. The molecule has 0 aliphatic heterocycles. The van der Waals surface area contributed by atoms with Gasteiger partial charge in [-0.1, -0.05) is 106 Å². The zero-order valence-corrected chi connectivity index (χ0v) is 24.3. The summed E-state index contributed by atoms with van der Waals surface area (Å²) in [5.74, 6) is -4.88. The van der Waals surface area contributed by atoms with Gasteiger partial charge in [0.1, 0.15) is 11.2 Å². The van der Waals surface area contributed by atoms with Crippen LogP contribution in [0.4, 0.5) is 0 Å². The minimum atomic E-state index is -1.93. The van der Waals surface area contributed by atoms with Crippen LogP contribution >= 0.6 is 0 Å². The van der Waals surface area contributed by atoms with Gasteiger partial charge in [-0.3, -0.25) is 19.2 Å². The third kappa shape index (κ3) is 6.98. The number of hydrogen-bond donors (Lipinski definition) is 2. The van der Waals surface area contributed by atoms with Gasteiger partial charge in [0.2, 0.25) is 6.29 Å². The standard InChI is InChI=1S/C34H42O8/c1-2-3-6-21-28(41-31(37)26-19-11-13-22-33(26,39)29(35)24-15-7-4-8-16-24)42-32(38)27-20-12-14-23-34(27,40)30(36)25-17-9-5-10-18-25/h4-5,7-10,15-18,26-28,39-40H,2-3,6,11-14,19-23H2,1H3. The number of esters is 2. The topological polar surface area (TPSA) is 127 Å². The van der Waals surface area contributed by atoms with Crippen LogP contribution in [0.1, 0.15) is 105 Å². The first-order valence-corrected chi connectivity index (χ1v) is 15.3.